The molecule has 1 aliphatic rings. The number of ether oxygens (including phenoxy) is 1. The molecule has 0 bridgehead atoms. The fourth-order valence-electron chi connectivity index (χ4n) is 2.81. The van der Waals surface area contributed by atoms with E-state index in [-0.39, 0.29) is 24.4 Å². The predicted octanol–water partition coefficient (Wildman–Crippen LogP) is 2.89. The first kappa shape index (κ1) is 17.7. The van der Waals surface area contributed by atoms with Gasteiger partial charge >= 0.3 is 0 Å². The topological polar surface area (TPSA) is 57.4 Å². The van der Waals surface area contributed by atoms with Crippen molar-refractivity contribution in [2.24, 2.45) is 0 Å². The number of nitrogens with one attached hydrogen (secondary N) is 2. The Labute approximate surface area is 146 Å². The fourth-order valence-corrected chi connectivity index (χ4v) is 2.98. The van der Waals surface area contributed by atoms with Crippen LogP contribution >= 0.6 is 24.0 Å². The van der Waals surface area contributed by atoms with Gasteiger partial charge in [0.25, 0.3) is 5.91 Å². The van der Waals surface area contributed by atoms with Crippen LogP contribution < -0.4 is 10.1 Å². The SMILES string of the molecule is COc1ccccc1C1CNCCN1C(=O)c1cc(Cl)c[nH]1.Cl. The van der Waals surface area contributed by atoms with Gasteiger partial charge in [0, 0.05) is 31.4 Å². The van der Waals surface area contributed by atoms with Crippen molar-refractivity contribution in [3.63, 3.8) is 0 Å². The van der Waals surface area contributed by atoms with E-state index in [0.29, 0.717) is 23.8 Å². The van der Waals surface area contributed by atoms with Gasteiger partial charge in [-0.2, -0.15) is 0 Å². The third kappa shape index (κ3) is 3.63. The van der Waals surface area contributed by atoms with Crippen LogP contribution in [0.5, 0.6) is 5.75 Å². The van der Waals surface area contributed by atoms with Crippen LogP contribution in [-0.2, 0) is 0 Å². The largest absolute Gasteiger partial charge is 0.496 e. The molecule has 1 aromatic carbocycles. The van der Waals surface area contributed by atoms with Crippen LogP contribution in [0, 0.1) is 0 Å². The van der Waals surface area contributed by atoms with Gasteiger partial charge in [-0.15, -0.1) is 12.4 Å². The molecule has 2 aromatic rings. The number of aromatic amines is 1. The van der Waals surface area contributed by atoms with Gasteiger partial charge in [0.1, 0.15) is 11.4 Å². The number of piperazine rings is 1. The number of benzene rings is 1. The molecule has 2 heterocycles. The first-order chi connectivity index (χ1) is 10.7. The van der Waals surface area contributed by atoms with Crippen LogP contribution in [-0.4, -0.2) is 42.5 Å². The molecule has 1 atom stereocenters. The maximum atomic E-state index is 12.8. The minimum absolute atomic E-state index is 0. The molecule has 0 spiro atoms. The lowest BCUT2D eigenvalue weighted by atomic mass is 10.0. The molecular weight excluding hydrogens is 337 g/mol. The zero-order valence-electron chi connectivity index (χ0n) is 12.7. The highest BCUT2D eigenvalue weighted by Crippen LogP contribution is 2.31. The van der Waals surface area contributed by atoms with Gasteiger partial charge in [-0.3, -0.25) is 4.79 Å². The van der Waals surface area contributed by atoms with Crippen LogP contribution in [0.15, 0.2) is 36.5 Å². The third-order valence-corrected chi connectivity index (χ3v) is 4.10. The van der Waals surface area contributed by atoms with E-state index < -0.39 is 0 Å². The molecule has 0 radical (unpaired) electrons. The normalized spacial score (nSPS) is 17.5. The maximum Gasteiger partial charge on any atom is 0.270 e. The number of carbonyl (C=O) groups excluding carboxylic acids is 1. The molecule has 1 amide bonds. The zero-order chi connectivity index (χ0) is 15.5. The monoisotopic (exact) mass is 355 g/mol. The Balaban J connectivity index is 0.00000192. The minimum atomic E-state index is -0.0699. The standard InChI is InChI=1S/C16H18ClN3O2.ClH/c1-22-15-5-3-2-4-12(15)14-10-18-6-7-20(14)16(21)13-8-11(17)9-19-13;/h2-5,8-9,14,18-19H,6-7,10H2,1H3;1H. The number of rotatable bonds is 3. The lowest BCUT2D eigenvalue weighted by molar-refractivity contribution is 0.0626. The quantitative estimate of drug-likeness (QED) is 0.889. The molecule has 0 saturated carbocycles. The van der Waals surface area contributed by atoms with Crippen LogP contribution in [0.1, 0.15) is 22.1 Å². The zero-order valence-corrected chi connectivity index (χ0v) is 14.3. The van der Waals surface area contributed by atoms with Gasteiger partial charge < -0.3 is 19.9 Å². The van der Waals surface area contributed by atoms with E-state index in [0.717, 1.165) is 17.9 Å². The Bertz CT molecular complexity index is 675. The fraction of sp³-hybridized carbons (Fsp3) is 0.312. The van der Waals surface area contributed by atoms with Crippen molar-refractivity contribution < 1.29 is 9.53 Å². The average Bonchev–Trinajstić information content (AvgIpc) is 3.00. The van der Waals surface area contributed by atoms with Gasteiger partial charge in [0.15, 0.2) is 0 Å². The number of carbonyl (C=O) groups is 1. The second-order valence-corrected chi connectivity index (χ2v) is 5.63. The third-order valence-electron chi connectivity index (χ3n) is 3.88. The molecule has 7 heteroatoms. The molecule has 23 heavy (non-hydrogen) atoms. The Kier molecular flexibility index (Phi) is 5.93. The van der Waals surface area contributed by atoms with Crippen molar-refractivity contribution in [1.29, 1.82) is 0 Å². The molecule has 1 saturated heterocycles. The number of methoxy groups -OCH3 is 1. The molecule has 2 N–H and O–H groups in total. The first-order valence-electron chi connectivity index (χ1n) is 7.19. The minimum Gasteiger partial charge on any atom is -0.496 e. The molecule has 3 rings (SSSR count). The highest BCUT2D eigenvalue weighted by atomic mass is 35.5. The van der Waals surface area contributed by atoms with Crippen molar-refractivity contribution in [3.05, 3.63) is 52.8 Å². The summed E-state index contributed by atoms with van der Waals surface area (Å²) in [5.41, 5.74) is 1.51. The number of nitrogens with zero attached hydrogens (tertiary/aromatic N) is 1. The summed E-state index contributed by atoms with van der Waals surface area (Å²) in [5, 5.41) is 3.88. The lowest BCUT2D eigenvalue weighted by Gasteiger charge is -2.36. The van der Waals surface area contributed by atoms with Crippen LogP contribution in [0.4, 0.5) is 0 Å². The van der Waals surface area contributed by atoms with Crippen molar-refractivity contribution in [2.45, 2.75) is 6.04 Å². The van der Waals surface area contributed by atoms with Gasteiger partial charge in [0.2, 0.25) is 0 Å². The van der Waals surface area contributed by atoms with E-state index in [1.807, 2.05) is 29.2 Å². The Morgan fingerprint density at radius 3 is 2.87 bits per heavy atom. The molecule has 124 valence electrons. The van der Waals surface area contributed by atoms with Crippen molar-refractivity contribution in [1.82, 2.24) is 15.2 Å². The Hall–Kier alpha value is -1.69. The molecule has 1 unspecified atom stereocenters. The molecule has 1 aromatic heterocycles. The summed E-state index contributed by atoms with van der Waals surface area (Å²) < 4.78 is 5.44. The first-order valence-corrected chi connectivity index (χ1v) is 7.57. The number of amides is 1. The van der Waals surface area contributed by atoms with Gasteiger partial charge in [0.05, 0.1) is 18.2 Å². The van der Waals surface area contributed by atoms with E-state index in [2.05, 4.69) is 10.3 Å². The van der Waals surface area contributed by atoms with Crippen molar-refractivity contribution in [3.8, 4) is 5.75 Å². The number of para-hydroxylation sites is 1. The Morgan fingerprint density at radius 2 is 2.17 bits per heavy atom. The summed E-state index contributed by atoms with van der Waals surface area (Å²) in [5.74, 6) is 0.739. The van der Waals surface area contributed by atoms with Gasteiger partial charge in [-0.1, -0.05) is 29.8 Å². The maximum absolute atomic E-state index is 12.8. The molecule has 0 aliphatic carbocycles. The van der Waals surface area contributed by atoms with E-state index >= 15 is 0 Å². The summed E-state index contributed by atoms with van der Waals surface area (Å²) in [7, 11) is 1.64. The number of H-pyrrole nitrogens is 1. The van der Waals surface area contributed by atoms with E-state index in [1.54, 1.807) is 19.4 Å². The van der Waals surface area contributed by atoms with Gasteiger partial charge in [-0.05, 0) is 12.1 Å². The number of aromatic nitrogens is 1. The van der Waals surface area contributed by atoms with E-state index in [9.17, 15) is 4.79 Å². The van der Waals surface area contributed by atoms with Gasteiger partial charge in [-0.25, -0.2) is 0 Å². The van der Waals surface area contributed by atoms with Crippen LogP contribution in [0.25, 0.3) is 0 Å². The van der Waals surface area contributed by atoms with Crippen molar-refractivity contribution >= 4 is 29.9 Å². The lowest BCUT2D eigenvalue weighted by Crippen LogP contribution is -2.48. The molecule has 5 nitrogen and oxygen atoms in total. The summed E-state index contributed by atoms with van der Waals surface area (Å²) in [6.45, 7) is 2.10. The predicted molar refractivity (Wildman–Crippen MR) is 92.7 cm³/mol. The van der Waals surface area contributed by atoms with Crippen molar-refractivity contribution in [2.75, 3.05) is 26.7 Å². The summed E-state index contributed by atoms with van der Waals surface area (Å²) in [4.78, 5) is 17.5. The molecule has 1 fully saturated rings. The van der Waals surface area contributed by atoms with Crippen LogP contribution in [0.2, 0.25) is 5.02 Å². The number of hydrogen-bond donors (Lipinski definition) is 2. The average molecular weight is 356 g/mol. The molecule has 1 aliphatic heterocycles. The summed E-state index contributed by atoms with van der Waals surface area (Å²) >= 11 is 5.91. The number of hydrogen-bond acceptors (Lipinski definition) is 3. The highest BCUT2D eigenvalue weighted by molar-refractivity contribution is 6.30. The Morgan fingerprint density at radius 1 is 1.39 bits per heavy atom. The van der Waals surface area contributed by atoms with E-state index in [1.165, 1.54) is 0 Å². The highest BCUT2D eigenvalue weighted by Gasteiger charge is 2.30. The van der Waals surface area contributed by atoms with Crippen LogP contribution in [0.3, 0.4) is 0 Å². The summed E-state index contributed by atoms with van der Waals surface area (Å²) in [6.07, 6.45) is 1.62. The number of halogens is 2. The second-order valence-electron chi connectivity index (χ2n) is 5.19. The molecular formula is C16H19Cl2N3O2. The summed E-state index contributed by atoms with van der Waals surface area (Å²) in [6, 6.07) is 9.39. The van der Waals surface area contributed by atoms with E-state index in [4.69, 9.17) is 16.3 Å². The second kappa shape index (κ2) is 7.73. The smallest absolute Gasteiger partial charge is 0.270 e.